The van der Waals surface area contributed by atoms with Crippen molar-refractivity contribution >= 4 is 24.0 Å². The van der Waals surface area contributed by atoms with Gasteiger partial charge >= 0.3 is 12.0 Å². The van der Waals surface area contributed by atoms with E-state index in [4.69, 9.17) is 9.15 Å². The van der Waals surface area contributed by atoms with Crippen molar-refractivity contribution in [3.8, 4) is 5.75 Å². The summed E-state index contributed by atoms with van der Waals surface area (Å²) in [6, 6.07) is 19.4. The van der Waals surface area contributed by atoms with Crippen LogP contribution in [0.3, 0.4) is 0 Å². The zero-order valence-electron chi connectivity index (χ0n) is 17.2. The predicted molar refractivity (Wildman–Crippen MR) is 114 cm³/mol. The van der Waals surface area contributed by atoms with Gasteiger partial charge < -0.3 is 19.2 Å². The van der Waals surface area contributed by atoms with E-state index in [1.807, 2.05) is 30.3 Å². The number of hydrogen-bond donors (Lipinski definition) is 1. The van der Waals surface area contributed by atoms with Gasteiger partial charge in [-0.3, -0.25) is 9.69 Å². The van der Waals surface area contributed by atoms with Crippen molar-refractivity contribution in [3.05, 3.63) is 95.1 Å². The minimum absolute atomic E-state index is 0.0000994. The van der Waals surface area contributed by atoms with Gasteiger partial charge in [-0.05, 0) is 41.5 Å². The summed E-state index contributed by atoms with van der Waals surface area (Å²) in [5.41, 5.74) is 1.94. The molecular formula is C24H20N2O6. The number of ether oxygens (including phenoxy) is 2. The van der Waals surface area contributed by atoms with Crippen LogP contribution in [0.4, 0.5) is 4.79 Å². The first-order valence-corrected chi connectivity index (χ1v) is 9.82. The molecule has 32 heavy (non-hydrogen) atoms. The van der Waals surface area contributed by atoms with Crippen LogP contribution in [-0.4, -0.2) is 29.9 Å². The molecule has 0 atom stereocenters. The number of methoxy groups -OCH3 is 1. The molecule has 0 radical (unpaired) electrons. The van der Waals surface area contributed by atoms with Gasteiger partial charge in [-0.25, -0.2) is 9.59 Å². The van der Waals surface area contributed by atoms with Crippen LogP contribution in [0.2, 0.25) is 0 Å². The first kappa shape index (κ1) is 20.9. The van der Waals surface area contributed by atoms with E-state index in [1.165, 1.54) is 19.2 Å². The molecule has 1 aliphatic heterocycles. The monoisotopic (exact) mass is 432 g/mol. The number of carbonyl (C=O) groups excluding carboxylic acids is 3. The number of amides is 3. The van der Waals surface area contributed by atoms with Crippen LogP contribution in [0, 0.1) is 0 Å². The Hall–Kier alpha value is -4.33. The van der Waals surface area contributed by atoms with Crippen molar-refractivity contribution in [2.24, 2.45) is 0 Å². The molecule has 1 fully saturated rings. The molecule has 1 saturated heterocycles. The zero-order chi connectivity index (χ0) is 22.5. The quantitative estimate of drug-likeness (QED) is 0.347. The summed E-state index contributed by atoms with van der Waals surface area (Å²) in [7, 11) is 1.24. The van der Waals surface area contributed by atoms with Gasteiger partial charge in [-0.1, -0.05) is 42.5 Å². The fraction of sp³-hybridized carbons (Fsp3) is 0.125. The maximum atomic E-state index is 12.7. The Kier molecular flexibility index (Phi) is 6.03. The molecular weight excluding hydrogens is 412 g/mol. The van der Waals surface area contributed by atoms with E-state index in [9.17, 15) is 14.4 Å². The Morgan fingerprint density at radius 2 is 1.78 bits per heavy atom. The molecule has 0 saturated carbocycles. The summed E-state index contributed by atoms with van der Waals surface area (Å²) < 4.78 is 15.7. The molecule has 162 valence electrons. The van der Waals surface area contributed by atoms with Crippen molar-refractivity contribution in [1.82, 2.24) is 10.2 Å². The third kappa shape index (κ3) is 4.70. The van der Waals surface area contributed by atoms with Crippen LogP contribution in [0.15, 0.2) is 76.8 Å². The molecule has 2 heterocycles. The number of nitrogens with one attached hydrogen (secondary N) is 1. The smallest absolute Gasteiger partial charge is 0.373 e. The lowest BCUT2D eigenvalue weighted by atomic mass is 10.2. The SMILES string of the molecule is COC(=O)c1ccc(CN2C(=O)NC(=Cc3ccc(OCc4ccccc4)cc3)C2=O)o1. The number of furan rings is 1. The fourth-order valence-electron chi connectivity index (χ4n) is 3.11. The number of hydrogen-bond acceptors (Lipinski definition) is 6. The van der Waals surface area contributed by atoms with E-state index in [1.54, 1.807) is 30.3 Å². The highest BCUT2D eigenvalue weighted by Gasteiger charge is 2.34. The minimum Gasteiger partial charge on any atom is -0.489 e. The van der Waals surface area contributed by atoms with Crippen LogP contribution in [-0.2, 0) is 22.7 Å². The average molecular weight is 432 g/mol. The van der Waals surface area contributed by atoms with Crippen LogP contribution >= 0.6 is 0 Å². The van der Waals surface area contributed by atoms with Crippen molar-refractivity contribution in [3.63, 3.8) is 0 Å². The fourth-order valence-corrected chi connectivity index (χ4v) is 3.11. The molecule has 1 aliphatic rings. The third-order valence-electron chi connectivity index (χ3n) is 4.76. The molecule has 3 amide bonds. The number of esters is 1. The second-order valence-electron chi connectivity index (χ2n) is 6.98. The molecule has 0 aliphatic carbocycles. The maximum absolute atomic E-state index is 12.7. The summed E-state index contributed by atoms with van der Waals surface area (Å²) in [5, 5.41) is 2.56. The molecule has 0 bridgehead atoms. The summed E-state index contributed by atoms with van der Waals surface area (Å²) in [6.07, 6.45) is 1.59. The Morgan fingerprint density at radius 1 is 1.03 bits per heavy atom. The van der Waals surface area contributed by atoms with E-state index in [0.717, 1.165) is 16.0 Å². The summed E-state index contributed by atoms with van der Waals surface area (Å²) in [6.45, 7) is 0.348. The standard InChI is InChI=1S/C24H20N2O6/c1-30-23(28)21-12-11-19(32-21)14-26-22(27)20(25-24(26)29)13-16-7-9-18(10-8-16)31-15-17-5-3-2-4-6-17/h2-13H,14-15H2,1H3,(H,25,29). The minimum atomic E-state index is -0.634. The largest absolute Gasteiger partial charge is 0.489 e. The van der Waals surface area contributed by atoms with Crippen LogP contribution < -0.4 is 10.1 Å². The molecule has 8 nitrogen and oxygen atoms in total. The van der Waals surface area contributed by atoms with Crippen LogP contribution in [0.5, 0.6) is 5.75 Å². The summed E-state index contributed by atoms with van der Waals surface area (Å²) in [4.78, 5) is 37.4. The Bertz CT molecular complexity index is 1160. The van der Waals surface area contributed by atoms with E-state index in [0.29, 0.717) is 12.4 Å². The van der Waals surface area contributed by atoms with Gasteiger partial charge in [0.1, 0.15) is 23.8 Å². The zero-order valence-corrected chi connectivity index (χ0v) is 17.2. The Morgan fingerprint density at radius 3 is 2.50 bits per heavy atom. The van der Waals surface area contributed by atoms with Crippen molar-refractivity contribution in [2.75, 3.05) is 7.11 Å². The molecule has 3 aromatic rings. The Labute approximate surface area is 184 Å². The lowest BCUT2D eigenvalue weighted by molar-refractivity contribution is -0.123. The predicted octanol–water partition coefficient (Wildman–Crippen LogP) is 3.74. The summed E-state index contributed by atoms with van der Waals surface area (Å²) >= 11 is 0. The number of benzene rings is 2. The second-order valence-corrected chi connectivity index (χ2v) is 6.98. The lowest BCUT2D eigenvalue weighted by Crippen LogP contribution is -2.30. The summed E-state index contributed by atoms with van der Waals surface area (Å²) in [5.74, 6) is -0.144. The maximum Gasteiger partial charge on any atom is 0.373 e. The highest BCUT2D eigenvalue weighted by Crippen LogP contribution is 2.20. The third-order valence-corrected chi connectivity index (χ3v) is 4.76. The van der Waals surface area contributed by atoms with E-state index < -0.39 is 17.9 Å². The van der Waals surface area contributed by atoms with Gasteiger partial charge in [0.05, 0.1) is 13.7 Å². The number of rotatable bonds is 7. The van der Waals surface area contributed by atoms with Gasteiger partial charge in [-0.15, -0.1) is 0 Å². The second kappa shape index (κ2) is 9.22. The highest BCUT2D eigenvalue weighted by molar-refractivity contribution is 6.13. The van der Waals surface area contributed by atoms with Crippen LogP contribution in [0.25, 0.3) is 6.08 Å². The van der Waals surface area contributed by atoms with E-state index in [-0.39, 0.29) is 23.8 Å². The average Bonchev–Trinajstić information content (AvgIpc) is 3.39. The van der Waals surface area contributed by atoms with E-state index >= 15 is 0 Å². The van der Waals surface area contributed by atoms with E-state index in [2.05, 4.69) is 10.1 Å². The Balaban J connectivity index is 1.39. The first-order chi connectivity index (χ1) is 15.5. The molecule has 2 aromatic carbocycles. The highest BCUT2D eigenvalue weighted by atomic mass is 16.5. The number of nitrogens with zero attached hydrogens (tertiary/aromatic N) is 1. The lowest BCUT2D eigenvalue weighted by Gasteiger charge is -2.09. The van der Waals surface area contributed by atoms with Crippen LogP contribution in [0.1, 0.15) is 27.4 Å². The number of carbonyl (C=O) groups is 3. The molecule has 1 aromatic heterocycles. The van der Waals surface area contributed by atoms with Gasteiger partial charge in [0.25, 0.3) is 5.91 Å². The molecule has 1 N–H and O–H groups in total. The van der Waals surface area contributed by atoms with Gasteiger partial charge in [-0.2, -0.15) is 0 Å². The van der Waals surface area contributed by atoms with Gasteiger partial charge in [0.2, 0.25) is 5.76 Å². The van der Waals surface area contributed by atoms with Gasteiger partial charge in [0.15, 0.2) is 0 Å². The molecule has 8 heteroatoms. The molecule has 4 rings (SSSR count). The molecule has 0 unspecified atom stereocenters. The number of imide groups is 1. The van der Waals surface area contributed by atoms with Crippen molar-refractivity contribution in [2.45, 2.75) is 13.2 Å². The normalized spacial score (nSPS) is 14.5. The van der Waals surface area contributed by atoms with Gasteiger partial charge in [0, 0.05) is 0 Å². The topological polar surface area (TPSA) is 98.1 Å². The first-order valence-electron chi connectivity index (χ1n) is 9.82. The van der Waals surface area contributed by atoms with Crippen molar-refractivity contribution in [1.29, 1.82) is 0 Å². The molecule has 0 spiro atoms. The number of urea groups is 1. The van der Waals surface area contributed by atoms with Crippen molar-refractivity contribution < 1.29 is 28.3 Å².